The largest absolute Gasteiger partial charge is 0.471 e. The number of hydrogen-bond acceptors (Lipinski definition) is 3. The second-order valence-corrected chi connectivity index (χ2v) is 9.19. The quantitative estimate of drug-likeness (QED) is 0.708. The molecule has 1 aromatic carbocycles. The smallest absolute Gasteiger partial charge is 0.444 e. The zero-order valence-corrected chi connectivity index (χ0v) is 17.6. The van der Waals surface area contributed by atoms with E-state index in [-0.39, 0.29) is 18.4 Å². The first kappa shape index (κ1) is 22.4. The fraction of sp³-hybridized carbons (Fsp3) is 0.636. The third-order valence-corrected chi connectivity index (χ3v) is 5.61. The van der Waals surface area contributed by atoms with Gasteiger partial charge in [0.15, 0.2) is 0 Å². The number of amides is 2. The van der Waals surface area contributed by atoms with E-state index in [9.17, 15) is 22.8 Å². The third-order valence-electron chi connectivity index (χ3n) is 5.61. The molecule has 2 atom stereocenters. The van der Waals surface area contributed by atoms with E-state index >= 15 is 0 Å². The minimum absolute atomic E-state index is 0.0562. The Morgan fingerprint density at radius 1 is 1.10 bits per heavy atom. The topological polar surface area (TPSA) is 49.9 Å². The first-order valence-corrected chi connectivity index (χ1v) is 10.4. The Morgan fingerprint density at radius 2 is 1.70 bits per heavy atom. The highest BCUT2D eigenvalue weighted by Gasteiger charge is 2.52. The number of ether oxygens (including phenoxy) is 1. The standard InChI is InChI=1S/C22H29F3N2O3/c1-21(2,3)30-20(29)26-11-9-15(10-12-26)14-27(19(28)22(23,24)25)18-13-17(18)16-7-5-4-6-8-16/h4-8,15,17-18H,9-14H2,1-3H3. The van der Waals surface area contributed by atoms with E-state index in [4.69, 9.17) is 4.74 Å². The molecule has 8 heteroatoms. The van der Waals surface area contributed by atoms with Crippen LogP contribution in [-0.2, 0) is 9.53 Å². The molecule has 0 N–H and O–H groups in total. The van der Waals surface area contributed by atoms with Crippen LogP contribution in [0, 0.1) is 5.92 Å². The number of carbonyl (C=O) groups excluding carboxylic acids is 2. The van der Waals surface area contributed by atoms with Crippen molar-refractivity contribution in [1.82, 2.24) is 9.80 Å². The average molecular weight is 426 g/mol. The van der Waals surface area contributed by atoms with E-state index in [0.29, 0.717) is 32.4 Å². The fourth-order valence-corrected chi connectivity index (χ4v) is 4.02. The maximum absolute atomic E-state index is 13.2. The molecule has 30 heavy (non-hydrogen) atoms. The molecule has 0 bridgehead atoms. The monoisotopic (exact) mass is 426 g/mol. The Balaban J connectivity index is 1.61. The molecule has 166 valence electrons. The number of benzene rings is 1. The summed E-state index contributed by atoms with van der Waals surface area (Å²) >= 11 is 0. The molecular formula is C22H29F3N2O3. The van der Waals surface area contributed by atoms with Crippen molar-refractivity contribution in [2.75, 3.05) is 19.6 Å². The Kier molecular flexibility index (Phi) is 6.34. The molecule has 2 fully saturated rings. The van der Waals surface area contributed by atoms with E-state index < -0.39 is 29.8 Å². The Morgan fingerprint density at radius 3 is 2.23 bits per heavy atom. The lowest BCUT2D eigenvalue weighted by atomic mass is 9.96. The lowest BCUT2D eigenvalue weighted by Crippen LogP contribution is -2.48. The van der Waals surface area contributed by atoms with Gasteiger partial charge >= 0.3 is 18.2 Å². The molecule has 1 saturated heterocycles. The normalized spacial score (nSPS) is 22.5. The molecule has 3 rings (SSSR count). The first-order valence-electron chi connectivity index (χ1n) is 10.4. The molecule has 1 aliphatic heterocycles. The van der Waals surface area contributed by atoms with Crippen LogP contribution in [0.4, 0.5) is 18.0 Å². The number of likely N-dealkylation sites (tertiary alicyclic amines) is 1. The summed E-state index contributed by atoms with van der Waals surface area (Å²) in [6.45, 7) is 6.26. The van der Waals surface area contributed by atoms with Crippen molar-refractivity contribution in [2.45, 2.75) is 63.8 Å². The molecule has 0 radical (unpaired) electrons. The molecule has 2 aliphatic rings. The van der Waals surface area contributed by atoms with Gasteiger partial charge in [0.05, 0.1) is 0 Å². The SMILES string of the molecule is CC(C)(C)OC(=O)N1CCC(CN(C(=O)C(F)(F)F)C2CC2c2ccccc2)CC1. The van der Waals surface area contributed by atoms with Gasteiger partial charge in [0.2, 0.25) is 0 Å². The summed E-state index contributed by atoms with van der Waals surface area (Å²) in [6.07, 6.45) is -3.66. The van der Waals surface area contributed by atoms with Crippen LogP contribution in [0.1, 0.15) is 51.5 Å². The van der Waals surface area contributed by atoms with Gasteiger partial charge in [-0.05, 0) is 51.5 Å². The van der Waals surface area contributed by atoms with Gasteiger partial charge in [-0.3, -0.25) is 4.79 Å². The molecular weight excluding hydrogens is 397 g/mol. The molecule has 1 aromatic rings. The highest BCUT2D eigenvalue weighted by atomic mass is 19.4. The van der Waals surface area contributed by atoms with E-state index in [1.165, 1.54) is 0 Å². The second-order valence-electron chi connectivity index (χ2n) is 9.19. The summed E-state index contributed by atoms with van der Waals surface area (Å²) in [7, 11) is 0. The molecule has 5 nitrogen and oxygen atoms in total. The van der Waals surface area contributed by atoms with Crippen molar-refractivity contribution >= 4 is 12.0 Å². The summed E-state index contributed by atoms with van der Waals surface area (Å²) in [5.41, 5.74) is 0.365. The lowest BCUT2D eigenvalue weighted by molar-refractivity contribution is -0.187. The molecule has 0 aromatic heterocycles. The maximum atomic E-state index is 13.2. The van der Waals surface area contributed by atoms with E-state index in [2.05, 4.69) is 0 Å². The molecule has 2 unspecified atom stereocenters. The molecule has 2 amide bonds. The van der Waals surface area contributed by atoms with Crippen molar-refractivity contribution in [3.8, 4) is 0 Å². The number of rotatable bonds is 4. The predicted octanol–water partition coefficient (Wildman–Crippen LogP) is 4.58. The molecule has 1 heterocycles. The Hall–Kier alpha value is -2.25. The van der Waals surface area contributed by atoms with Crippen LogP contribution in [-0.4, -0.2) is 59.3 Å². The highest BCUT2D eigenvalue weighted by Crippen LogP contribution is 2.46. The van der Waals surface area contributed by atoms with Gasteiger partial charge in [-0.15, -0.1) is 0 Å². The fourth-order valence-electron chi connectivity index (χ4n) is 4.02. The Labute approximate surface area is 175 Å². The molecule has 1 aliphatic carbocycles. The van der Waals surface area contributed by atoms with Crippen molar-refractivity contribution in [1.29, 1.82) is 0 Å². The minimum Gasteiger partial charge on any atom is -0.444 e. The maximum Gasteiger partial charge on any atom is 0.471 e. The van der Waals surface area contributed by atoms with Crippen molar-refractivity contribution in [2.24, 2.45) is 5.92 Å². The average Bonchev–Trinajstić information content (AvgIpc) is 3.45. The zero-order chi connectivity index (χ0) is 22.1. The number of carbonyl (C=O) groups is 2. The van der Waals surface area contributed by atoms with Crippen molar-refractivity contribution in [3.05, 3.63) is 35.9 Å². The minimum atomic E-state index is -4.89. The van der Waals surface area contributed by atoms with Crippen LogP contribution in [0.25, 0.3) is 0 Å². The van der Waals surface area contributed by atoms with E-state index in [0.717, 1.165) is 10.5 Å². The van der Waals surface area contributed by atoms with Gasteiger partial charge in [-0.1, -0.05) is 30.3 Å². The summed E-state index contributed by atoms with van der Waals surface area (Å²) in [6, 6.07) is 8.92. The highest BCUT2D eigenvalue weighted by molar-refractivity contribution is 5.82. The predicted molar refractivity (Wildman–Crippen MR) is 106 cm³/mol. The summed E-state index contributed by atoms with van der Waals surface area (Å²) in [5, 5.41) is 0. The molecule has 0 spiro atoms. The molecule has 1 saturated carbocycles. The number of nitrogens with zero attached hydrogens (tertiary/aromatic N) is 2. The second kappa shape index (κ2) is 8.47. The van der Waals surface area contributed by atoms with Crippen LogP contribution < -0.4 is 0 Å². The van der Waals surface area contributed by atoms with Crippen LogP contribution in [0.15, 0.2) is 30.3 Å². The van der Waals surface area contributed by atoms with Gasteiger partial charge in [0.25, 0.3) is 0 Å². The van der Waals surface area contributed by atoms with E-state index in [1.54, 1.807) is 25.7 Å². The van der Waals surface area contributed by atoms with Gasteiger partial charge < -0.3 is 14.5 Å². The number of alkyl halides is 3. The third kappa shape index (κ3) is 5.67. The Bertz CT molecular complexity index is 753. The van der Waals surface area contributed by atoms with Gasteiger partial charge in [-0.25, -0.2) is 4.79 Å². The first-order chi connectivity index (χ1) is 14.0. The van der Waals surface area contributed by atoms with Crippen molar-refractivity contribution in [3.63, 3.8) is 0 Å². The van der Waals surface area contributed by atoms with Gasteiger partial charge in [-0.2, -0.15) is 13.2 Å². The number of piperidine rings is 1. The van der Waals surface area contributed by atoms with Crippen LogP contribution in [0.2, 0.25) is 0 Å². The zero-order valence-electron chi connectivity index (χ0n) is 17.6. The van der Waals surface area contributed by atoms with Crippen LogP contribution in [0.5, 0.6) is 0 Å². The summed E-state index contributed by atoms with van der Waals surface area (Å²) in [4.78, 5) is 26.9. The van der Waals surface area contributed by atoms with Crippen LogP contribution in [0.3, 0.4) is 0 Å². The van der Waals surface area contributed by atoms with Crippen molar-refractivity contribution < 1.29 is 27.5 Å². The summed E-state index contributed by atoms with van der Waals surface area (Å²) < 4.78 is 45.1. The lowest BCUT2D eigenvalue weighted by Gasteiger charge is -2.36. The number of hydrogen-bond donors (Lipinski definition) is 0. The van der Waals surface area contributed by atoms with E-state index in [1.807, 2.05) is 30.3 Å². The summed E-state index contributed by atoms with van der Waals surface area (Å²) in [5.74, 6) is -1.90. The van der Waals surface area contributed by atoms with Gasteiger partial charge in [0.1, 0.15) is 5.60 Å². The number of halogens is 3. The van der Waals surface area contributed by atoms with Gasteiger partial charge in [0, 0.05) is 31.6 Å². The van der Waals surface area contributed by atoms with Crippen LogP contribution >= 0.6 is 0 Å².